The van der Waals surface area contributed by atoms with Crippen LogP contribution in [-0.4, -0.2) is 29.9 Å². The van der Waals surface area contributed by atoms with Gasteiger partial charge in [-0.15, -0.1) is 0 Å². The number of fused-ring (bicyclic) bond motifs is 1. The Morgan fingerprint density at radius 1 is 1.15 bits per heavy atom. The zero-order valence-corrected chi connectivity index (χ0v) is 15.4. The van der Waals surface area contributed by atoms with Crippen molar-refractivity contribution >= 4 is 23.2 Å². The molecule has 0 spiro atoms. The van der Waals surface area contributed by atoms with Crippen LogP contribution < -0.4 is 15.5 Å². The van der Waals surface area contributed by atoms with E-state index in [1.165, 1.54) is 38.5 Å². The normalized spacial score (nSPS) is 35.8. The predicted octanol–water partition coefficient (Wildman–Crippen LogP) is 1.89. The highest BCUT2D eigenvalue weighted by Gasteiger charge is 2.54. The number of carbonyl (C=O) groups is 2. The number of nitrogens with zero attached hydrogens (tertiary/aromatic N) is 1. The molecule has 6 rings (SSSR count). The molecule has 4 fully saturated rings. The minimum atomic E-state index is -0.148. The molecule has 0 unspecified atom stereocenters. The summed E-state index contributed by atoms with van der Waals surface area (Å²) >= 11 is 0. The van der Waals surface area contributed by atoms with Crippen LogP contribution in [0.25, 0.3) is 0 Å². The lowest BCUT2D eigenvalue weighted by molar-refractivity contribution is -0.754. The Morgan fingerprint density at radius 3 is 2.42 bits per heavy atom. The molecule has 5 heteroatoms. The summed E-state index contributed by atoms with van der Waals surface area (Å²) in [7, 11) is 0. The van der Waals surface area contributed by atoms with E-state index in [0.29, 0.717) is 0 Å². The van der Waals surface area contributed by atoms with Crippen LogP contribution in [0.3, 0.4) is 0 Å². The molecule has 5 nitrogen and oxygen atoms in total. The number of amides is 2. The molecule has 1 atom stereocenters. The van der Waals surface area contributed by atoms with Crippen molar-refractivity contribution in [2.24, 2.45) is 17.8 Å². The second-order valence-corrected chi connectivity index (χ2v) is 9.22. The van der Waals surface area contributed by atoms with Gasteiger partial charge in [-0.2, -0.15) is 0 Å². The summed E-state index contributed by atoms with van der Waals surface area (Å²) in [6, 6.07) is 7.44. The first-order valence-electron chi connectivity index (χ1n) is 10.1. The molecule has 1 aromatic carbocycles. The van der Waals surface area contributed by atoms with Gasteiger partial charge in [0.25, 0.3) is 5.91 Å². The van der Waals surface area contributed by atoms with Crippen molar-refractivity contribution in [2.75, 3.05) is 16.8 Å². The van der Waals surface area contributed by atoms with Gasteiger partial charge >= 0.3 is 0 Å². The second kappa shape index (κ2) is 5.81. The number of benzene rings is 1. The van der Waals surface area contributed by atoms with E-state index in [4.69, 9.17) is 0 Å². The minimum Gasteiger partial charge on any atom is -0.331 e. The standard InChI is InChI=1S/C21H27N3O2/c1-13(23-21-9-14-6-15(10-21)8-16(7-14)11-21)20(26)24-12-19(25)22-17-4-2-3-5-18(17)24/h2-5,13-16,23H,6-12H2,1H3,(H,22,25)/p+1/t13-,14?,15?,16?,21?/m1/s1. The summed E-state index contributed by atoms with van der Waals surface area (Å²) in [5.74, 6) is 2.57. The zero-order valence-electron chi connectivity index (χ0n) is 15.4. The maximum Gasteiger partial charge on any atom is 0.285 e. The topological polar surface area (TPSA) is 66.0 Å². The van der Waals surface area contributed by atoms with Gasteiger partial charge in [-0.1, -0.05) is 12.1 Å². The number of quaternary nitrogens is 1. The molecule has 26 heavy (non-hydrogen) atoms. The second-order valence-electron chi connectivity index (χ2n) is 9.22. The Balaban J connectivity index is 1.36. The molecular formula is C21H28N3O2+. The average molecular weight is 354 g/mol. The van der Waals surface area contributed by atoms with Crippen molar-refractivity contribution < 1.29 is 14.9 Å². The molecular weight excluding hydrogens is 326 g/mol. The van der Waals surface area contributed by atoms with Gasteiger partial charge in [0.05, 0.1) is 16.9 Å². The summed E-state index contributed by atoms with van der Waals surface area (Å²) in [6.07, 6.45) is 8.05. The van der Waals surface area contributed by atoms with E-state index >= 15 is 0 Å². The third-order valence-corrected chi connectivity index (χ3v) is 7.12. The monoisotopic (exact) mass is 354 g/mol. The van der Waals surface area contributed by atoms with Gasteiger partial charge in [0.15, 0.2) is 6.04 Å². The number of anilines is 2. The smallest absolute Gasteiger partial charge is 0.285 e. The molecule has 5 aliphatic rings. The molecule has 0 aromatic heterocycles. The van der Waals surface area contributed by atoms with Crippen molar-refractivity contribution in [1.29, 1.82) is 0 Å². The quantitative estimate of drug-likeness (QED) is 0.871. The fourth-order valence-electron chi connectivity index (χ4n) is 6.66. The van der Waals surface area contributed by atoms with Gasteiger partial charge in [-0.05, 0) is 56.1 Å². The predicted molar refractivity (Wildman–Crippen MR) is 99.7 cm³/mol. The highest BCUT2D eigenvalue weighted by Crippen LogP contribution is 2.54. The van der Waals surface area contributed by atoms with Crippen molar-refractivity contribution in [3.8, 4) is 0 Å². The molecule has 1 heterocycles. The summed E-state index contributed by atoms with van der Waals surface area (Å²) < 4.78 is 0. The number of rotatable bonds is 3. The molecule has 4 aliphatic carbocycles. The van der Waals surface area contributed by atoms with E-state index in [2.05, 4.69) is 10.6 Å². The lowest BCUT2D eigenvalue weighted by atomic mass is 9.53. The molecule has 4 bridgehead atoms. The van der Waals surface area contributed by atoms with Gasteiger partial charge in [-0.3, -0.25) is 14.5 Å². The molecule has 138 valence electrons. The highest BCUT2D eigenvalue weighted by molar-refractivity contribution is 6.10. The van der Waals surface area contributed by atoms with Crippen LogP contribution in [0.5, 0.6) is 0 Å². The van der Waals surface area contributed by atoms with Crippen LogP contribution in [0.4, 0.5) is 11.4 Å². The molecule has 2 amide bonds. The van der Waals surface area contributed by atoms with E-state index in [1.807, 2.05) is 31.2 Å². The van der Waals surface area contributed by atoms with Gasteiger partial charge in [0, 0.05) is 19.3 Å². The number of carbonyl (C=O) groups excluding carboxylic acids is 2. The van der Waals surface area contributed by atoms with Gasteiger partial charge < -0.3 is 10.6 Å². The maximum absolute atomic E-state index is 13.2. The fraction of sp³-hybridized carbons (Fsp3) is 0.619. The van der Waals surface area contributed by atoms with E-state index in [0.717, 1.165) is 29.1 Å². The van der Waals surface area contributed by atoms with Gasteiger partial charge in [0.2, 0.25) is 5.91 Å². The van der Waals surface area contributed by atoms with E-state index in [1.54, 1.807) is 4.90 Å². The zero-order chi connectivity index (χ0) is 17.9. The van der Waals surface area contributed by atoms with Crippen LogP contribution >= 0.6 is 0 Å². The fourth-order valence-corrected chi connectivity index (χ4v) is 6.66. The van der Waals surface area contributed by atoms with E-state index < -0.39 is 0 Å². The number of nitrogens with one attached hydrogen (secondary N) is 1. The maximum atomic E-state index is 13.2. The van der Waals surface area contributed by atoms with Crippen LogP contribution in [-0.2, 0) is 9.59 Å². The Hall–Kier alpha value is -1.88. The van der Waals surface area contributed by atoms with Crippen LogP contribution in [0.2, 0.25) is 0 Å². The summed E-state index contributed by atoms with van der Waals surface area (Å²) in [5, 5.41) is 5.24. The molecule has 0 saturated heterocycles. The third-order valence-electron chi connectivity index (χ3n) is 7.12. The number of nitrogens with two attached hydrogens (primary N) is 1. The third kappa shape index (κ3) is 2.64. The van der Waals surface area contributed by atoms with Crippen molar-refractivity contribution in [2.45, 2.75) is 57.0 Å². The Bertz CT molecular complexity index is 724. The van der Waals surface area contributed by atoms with E-state index in [-0.39, 0.29) is 29.9 Å². The van der Waals surface area contributed by atoms with Crippen LogP contribution in [0.1, 0.15) is 45.4 Å². The van der Waals surface area contributed by atoms with Crippen LogP contribution in [0, 0.1) is 17.8 Å². The molecule has 4 saturated carbocycles. The number of hydrogen-bond donors (Lipinski definition) is 2. The summed E-state index contributed by atoms with van der Waals surface area (Å²) in [6.45, 7) is 2.14. The number of hydrogen-bond acceptors (Lipinski definition) is 2. The first-order valence-corrected chi connectivity index (χ1v) is 10.1. The molecule has 1 aromatic rings. The first kappa shape index (κ1) is 16.3. The SMILES string of the molecule is C[C@@H]([NH2+]C12CC3CC(CC(C3)C1)C2)C(=O)N1CC(=O)Nc2ccccc21. The molecule has 0 radical (unpaired) electrons. The highest BCUT2D eigenvalue weighted by atomic mass is 16.2. The summed E-state index contributed by atoms with van der Waals surface area (Å²) in [5.41, 5.74) is 1.82. The Kier molecular flexibility index (Phi) is 3.64. The molecule has 3 N–H and O–H groups in total. The Morgan fingerprint density at radius 2 is 1.77 bits per heavy atom. The van der Waals surface area contributed by atoms with Gasteiger partial charge in [0.1, 0.15) is 6.54 Å². The van der Waals surface area contributed by atoms with Crippen molar-refractivity contribution in [3.63, 3.8) is 0 Å². The van der Waals surface area contributed by atoms with E-state index in [9.17, 15) is 9.59 Å². The van der Waals surface area contributed by atoms with Crippen LogP contribution in [0.15, 0.2) is 24.3 Å². The number of para-hydroxylation sites is 2. The first-order chi connectivity index (χ1) is 12.5. The Labute approximate surface area is 154 Å². The van der Waals surface area contributed by atoms with Gasteiger partial charge in [-0.25, -0.2) is 0 Å². The average Bonchev–Trinajstić information content (AvgIpc) is 2.58. The lowest BCUT2D eigenvalue weighted by Crippen LogP contribution is -3.04. The lowest BCUT2D eigenvalue weighted by Gasteiger charge is -2.55. The minimum absolute atomic E-state index is 0.0584. The van der Waals surface area contributed by atoms with Crippen molar-refractivity contribution in [3.05, 3.63) is 24.3 Å². The van der Waals surface area contributed by atoms with Crippen molar-refractivity contribution in [1.82, 2.24) is 0 Å². The summed E-state index contributed by atoms with van der Waals surface area (Å²) in [4.78, 5) is 27.0. The largest absolute Gasteiger partial charge is 0.331 e. The molecule has 1 aliphatic heterocycles.